The van der Waals surface area contributed by atoms with E-state index in [2.05, 4.69) is 5.10 Å². The van der Waals surface area contributed by atoms with Crippen LogP contribution in [0.2, 0.25) is 0 Å². The summed E-state index contributed by atoms with van der Waals surface area (Å²) in [7, 11) is 0. The molecule has 0 spiro atoms. The molecule has 1 heterocycles. The van der Waals surface area contributed by atoms with Crippen molar-refractivity contribution in [1.29, 1.82) is 0 Å². The standard InChI is InChI=1S/C11H20N2O2/c1-3-11(8-14,9-15)5-10-6-12-13(4-2)7-10/h6-7,14-15H,3-5,8-9H2,1-2H3. The number of aryl methyl sites for hydroxylation is 1. The van der Waals surface area contributed by atoms with Gasteiger partial charge in [-0.15, -0.1) is 0 Å². The lowest BCUT2D eigenvalue weighted by molar-refractivity contribution is 0.0514. The van der Waals surface area contributed by atoms with E-state index in [4.69, 9.17) is 0 Å². The summed E-state index contributed by atoms with van der Waals surface area (Å²) in [5.74, 6) is 0. The number of nitrogens with zero attached hydrogens (tertiary/aromatic N) is 2. The number of hydrogen-bond acceptors (Lipinski definition) is 3. The van der Waals surface area contributed by atoms with Gasteiger partial charge in [-0.3, -0.25) is 4.68 Å². The smallest absolute Gasteiger partial charge is 0.0521 e. The van der Waals surface area contributed by atoms with Gasteiger partial charge in [0.05, 0.1) is 19.4 Å². The Morgan fingerprint density at radius 1 is 1.33 bits per heavy atom. The van der Waals surface area contributed by atoms with Crippen LogP contribution in [0.25, 0.3) is 0 Å². The van der Waals surface area contributed by atoms with Crippen LogP contribution < -0.4 is 0 Å². The summed E-state index contributed by atoms with van der Waals surface area (Å²) >= 11 is 0. The molecule has 0 aromatic carbocycles. The van der Waals surface area contributed by atoms with E-state index in [0.717, 1.165) is 18.5 Å². The molecule has 4 nitrogen and oxygen atoms in total. The number of aliphatic hydroxyl groups is 2. The van der Waals surface area contributed by atoms with Crippen molar-refractivity contribution in [3.05, 3.63) is 18.0 Å². The third-order valence-electron chi connectivity index (χ3n) is 3.01. The average molecular weight is 212 g/mol. The van der Waals surface area contributed by atoms with E-state index in [1.54, 1.807) is 6.20 Å². The zero-order chi connectivity index (χ0) is 11.3. The highest BCUT2D eigenvalue weighted by molar-refractivity contribution is 5.07. The predicted octanol–water partition coefficient (Wildman–Crippen LogP) is 0.827. The first-order valence-electron chi connectivity index (χ1n) is 5.42. The molecule has 0 fully saturated rings. The summed E-state index contributed by atoms with van der Waals surface area (Å²) in [4.78, 5) is 0. The van der Waals surface area contributed by atoms with Crippen LogP contribution in [0.1, 0.15) is 25.8 Å². The van der Waals surface area contributed by atoms with Crippen LogP contribution in [0, 0.1) is 5.41 Å². The zero-order valence-electron chi connectivity index (χ0n) is 9.48. The van der Waals surface area contributed by atoms with E-state index in [9.17, 15) is 10.2 Å². The fourth-order valence-corrected chi connectivity index (χ4v) is 1.61. The SMILES string of the molecule is CCn1cc(CC(CC)(CO)CO)cn1. The van der Waals surface area contributed by atoms with Gasteiger partial charge >= 0.3 is 0 Å². The Labute approximate surface area is 90.5 Å². The van der Waals surface area contributed by atoms with E-state index >= 15 is 0 Å². The van der Waals surface area contributed by atoms with E-state index in [1.807, 2.05) is 24.7 Å². The summed E-state index contributed by atoms with van der Waals surface area (Å²) in [6.45, 7) is 4.88. The molecule has 0 aliphatic heterocycles. The van der Waals surface area contributed by atoms with Crippen molar-refractivity contribution in [2.24, 2.45) is 5.41 Å². The Bertz CT molecular complexity index is 284. The van der Waals surface area contributed by atoms with Gasteiger partial charge in [-0.1, -0.05) is 6.92 Å². The third kappa shape index (κ3) is 2.79. The van der Waals surface area contributed by atoms with Crippen LogP contribution >= 0.6 is 0 Å². The molecule has 1 aromatic rings. The van der Waals surface area contributed by atoms with Gasteiger partial charge in [0.1, 0.15) is 0 Å². The molecule has 86 valence electrons. The molecule has 0 atom stereocenters. The van der Waals surface area contributed by atoms with E-state index < -0.39 is 5.41 Å². The molecule has 4 heteroatoms. The first kappa shape index (κ1) is 12.2. The lowest BCUT2D eigenvalue weighted by atomic mass is 9.81. The summed E-state index contributed by atoms with van der Waals surface area (Å²) in [5.41, 5.74) is 0.670. The summed E-state index contributed by atoms with van der Waals surface area (Å²) in [6.07, 6.45) is 5.21. The topological polar surface area (TPSA) is 58.3 Å². The quantitative estimate of drug-likeness (QED) is 0.734. The molecular weight excluding hydrogens is 192 g/mol. The minimum atomic E-state index is -0.401. The van der Waals surface area contributed by atoms with Gasteiger partial charge in [0.15, 0.2) is 0 Å². The van der Waals surface area contributed by atoms with E-state index in [-0.39, 0.29) is 13.2 Å². The van der Waals surface area contributed by atoms with Crippen LogP contribution in [0.5, 0.6) is 0 Å². The van der Waals surface area contributed by atoms with Crippen molar-refractivity contribution >= 4 is 0 Å². The highest BCUT2D eigenvalue weighted by atomic mass is 16.3. The number of hydrogen-bond donors (Lipinski definition) is 2. The van der Waals surface area contributed by atoms with Crippen molar-refractivity contribution in [3.8, 4) is 0 Å². The molecule has 1 rings (SSSR count). The van der Waals surface area contributed by atoms with Crippen molar-refractivity contribution < 1.29 is 10.2 Å². The molecule has 0 bridgehead atoms. The van der Waals surface area contributed by atoms with Crippen molar-refractivity contribution in [2.75, 3.05) is 13.2 Å². The maximum Gasteiger partial charge on any atom is 0.0521 e. The van der Waals surface area contributed by atoms with Crippen molar-refractivity contribution in [3.63, 3.8) is 0 Å². The van der Waals surface area contributed by atoms with Crippen LogP contribution in [-0.2, 0) is 13.0 Å². The molecule has 0 saturated heterocycles. The lowest BCUT2D eigenvalue weighted by Gasteiger charge is -2.27. The monoisotopic (exact) mass is 212 g/mol. The second kappa shape index (κ2) is 5.28. The highest BCUT2D eigenvalue weighted by Crippen LogP contribution is 2.25. The Balaban J connectivity index is 2.73. The minimum Gasteiger partial charge on any atom is -0.396 e. The Morgan fingerprint density at radius 3 is 2.40 bits per heavy atom. The van der Waals surface area contributed by atoms with Crippen molar-refractivity contribution in [1.82, 2.24) is 9.78 Å². The maximum atomic E-state index is 9.31. The highest BCUT2D eigenvalue weighted by Gasteiger charge is 2.27. The van der Waals surface area contributed by atoms with Crippen molar-refractivity contribution in [2.45, 2.75) is 33.2 Å². The van der Waals surface area contributed by atoms with E-state index in [0.29, 0.717) is 6.42 Å². The summed E-state index contributed by atoms with van der Waals surface area (Å²) < 4.78 is 1.85. The maximum absolute atomic E-state index is 9.31. The normalized spacial score (nSPS) is 12.0. The van der Waals surface area contributed by atoms with Gasteiger partial charge in [-0.05, 0) is 25.3 Å². The molecule has 0 amide bonds. The number of aliphatic hydroxyl groups excluding tert-OH is 2. The molecule has 15 heavy (non-hydrogen) atoms. The van der Waals surface area contributed by atoms with Gasteiger partial charge in [0.25, 0.3) is 0 Å². The molecule has 0 aliphatic rings. The molecule has 0 unspecified atom stereocenters. The largest absolute Gasteiger partial charge is 0.396 e. The zero-order valence-corrected chi connectivity index (χ0v) is 9.48. The molecular formula is C11H20N2O2. The minimum absolute atomic E-state index is 0.0112. The van der Waals surface area contributed by atoms with Gasteiger partial charge in [-0.2, -0.15) is 5.10 Å². The Morgan fingerprint density at radius 2 is 2.00 bits per heavy atom. The fourth-order valence-electron chi connectivity index (χ4n) is 1.61. The molecule has 0 saturated carbocycles. The summed E-state index contributed by atoms with van der Waals surface area (Å²) in [5, 5.41) is 22.8. The second-order valence-electron chi connectivity index (χ2n) is 4.05. The molecule has 1 aromatic heterocycles. The fraction of sp³-hybridized carbons (Fsp3) is 0.727. The van der Waals surface area contributed by atoms with Crippen LogP contribution in [0.15, 0.2) is 12.4 Å². The Hall–Kier alpha value is -0.870. The first-order chi connectivity index (χ1) is 7.19. The van der Waals surface area contributed by atoms with Gasteiger partial charge < -0.3 is 10.2 Å². The van der Waals surface area contributed by atoms with Crippen LogP contribution in [-0.4, -0.2) is 33.2 Å². The van der Waals surface area contributed by atoms with Crippen LogP contribution in [0.4, 0.5) is 0 Å². The summed E-state index contributed by atoms with van der Waals surface area (Å²) in [6, 6.07) is 0. The molecule has 2 N–H and O–H groups in total. The lowest BCUT2D eigenvalue weighted by Crippen LogP contribution is -2.31. The van der Waals surface area contributed by atoms with Crippen LogP contribution in [0.3, 0.4) is 0 Å². The van der Waals surface area contributed by atoms with Gasteiger partial charge in [0, 0.05) is 18.2 Å². The molecule has 0 aliphatic carbocycles. The van der Waals surface area contributed by atoms with E-state index in [1.165, 1.54) is 0 Å². The third-order valence-corrected chi connectivity index (χ3v) is 3.01. The first-order valence-corrected chi connectivity index (χ1v) is 5.42. The Kier molecular flexibility index (Phi) is 4.29. The average Bonchev–Trinajstić information content (AvgIpc) is 2.73. The van der Waals surface area contributed by atoms with Gasteiger partial charge in [0.2, 0.25) is 0 Å². The predicted molar refractivity (Wildman–Crippen MR) is 58.5 cm³/mol. The number of aromatic nitrogens is 2. The number of rotatable bonds is 6. The molecule has 0 radical (unpaired) electrons. The van der Waals surface area contributed by atoms with Gasteiger partial charge in [-0.25, -0.2) is 0 Å². The second-order valence-corrected chi connectivity index (χ2v) is 4.05.